The van der Waals surface area contributed by atoms with Crippen molar-refractivity contribution in [2.24, 2.45) is 0 Å². The lowest BCUT2D eigenvalue weighted by Gasteiger charge is -2.30. The molecule has 3 amide bonds. The summed E-state index contributed by atoms with van der Waals surface area (Å²) in [6.07, 6.45) is 0. The minimum absolute atomic E-state index is 0.0553. The Hall–Kier alpha value is -4.46. The van der Waals surface area contributed by atoms with E-state index in [9.17, 15) is 9.59 Å². The van der Waals surface area contributed by atoms with Crippen LogP contribution in [0, 0.1) is 0 Å². The molecule has 4 rings (SSSR count). The summed E-state index contributed by atoms with van der Waals surface area (Å²) in [7, 11) is 1.60. The fourth-order valence-electron chi connectivity index (χ4n) is 4.14. The third kappa shape index (κ3) is 6.26. The van der Waals surface area contributed by atoms with Gasteiger partial charge in [-0.05, 0) is 80.4 Å². The predicted molar refractivity (Wildman–Crippen MR) is 149 cm³/mol. The zero-order chi connectivity index (χ0) is 27.3. The maximum atomic E-state index is 12.9. The number of ether oxygens (including phenoxy) is 3. The quantitative estimate of drug-likeness (QED) is 0.388. The van der Waals surface area contributed by atoms with E-state index in [0.717, 1.165) is 22.4 Å². The monoisotopic (exact) mass is 515 g/mol. The van der Waals surface area contributed by atoms with Crippen LogP contribution < -0.4 is 29.7 Å². The summed E-state index contributed by atoms with van der Waals surface area (Å²) >= 11 is 0. The van der Waals surface area contributed by atoms with E-state index >= 15 is 0 Å². The fraction of sp³-hybridized carbons (Fsp3) is 0.267. The Morgan fingerprint density at radius 1 is 1.08 bits per heavy atom. The average Bonchev–Trinajstić information content (AvgIpc) is 2.90. The van der Waals surface area contributed by atoms with E-state index in [4.69, 9.17) is 14.2 Å². The van der Waals surface area contributed by atoms with E-state index in [1.165, 1.54) is 0 Å². The Kier molecular flexibility index (Phi) is 7.90. The van der Waals surface area contributed by atoms with E-state index in [1.807, 2.05) is 69.3 Å². The number of hydrogen-bond donors (Lipinski definition) is 2. The number of nitrogens with zero attached hydrogens (tertiary/aromatic N) is 1. The molecule has 0 spiro atoms. The van der Waals surface area contributed by atoms with Crippen LogP contribution in [0.4, 0.5) is 16.2 Å². The highest BCUT2D eigenvalue weighted by molar-refractivity contribution is 5.99. The molecule has 1 aliphatic heterocycles. The second kappa shape index (κ2) is 11.3. The number of amides is 3. The van der Waals surface area contributed by atoms with E-state index in [0.29, 0.717) is 29.4 Å². The van der Waals surface area contributed by atoms with Gasteiger partial charge in [0.1, 0.15) is 23.9 Å². The summed E-state index contributed by atoms with van der Waals surface area (Å²) in [6.45, 7) is 10.4. The lowest BCUT2D eigenvalue weighted by Crippen LogP contribution is -2.43. The molecule has 2 N–H and O–H groups in total. The zero-order valence-electron chi connectivity index (χ0n) is 22.2. The molecule has 1 heterocycles. The van der Waals surface area contributed by atoms with Crippen molar-refractivity contribution in [3.05, 3.63) is 84.4 Å². The Labute approximate surface area is 223 Å². The average molecular weight is 516 g/mol. The number of rotatable bonds is 9. The zero-order valence-corrected chi connectivity index (χ0v) is 22.2. The number of hydrogen-bond acceptors (Lipinski definition) is 5. The standard InChI is InChI=1S/C30H33N3O5/c1-20(2)21-7-6-8-22(17-21)30(3,4)32-29(35)31-23-9-14-27-26(18-23)33(28(34)19-38-27)15-16-37-25-12-10-24(36-5)11-13-25/h6-14,17-18H,1,15-16,19H2,2-5H3,(H2,31,32,35). The number of methoxy groups -OCH3 is 1. The van der Waals surface area contributed by atoms with Crippen LogP contribution in [0.2, 0.25) is 0 Å². The molecule has 0 radical (unpaired) electrons. The highest BCUT2D eigenvalue weighted by atomic mass is 16.5. The molecule has 0 saturated carbocycles. The lowest BCUT2D eigenvalue weighted by atomic mass is 9.92. The van der Waals surface area contributed by atoms with Gasteiger partial charge in [-0.3, -0.25) is 4.79 Å². The van der Waals surface area contributed by atoms with Gasteiger partial charge in [0.25, 0.3) is 5.91 Å². The largest absolute Gasteiger partial charge is 0.497 e. The molecule has 0 aromatic heterocycles. The molecular formula is C30H33N3O5. The van der Waals surface area contributed by atoms with Gasteiger partial charge >= 0.3 is 6.03 Å². The summed E-state index contributed by atoms with van der Waals surface area (Å²) in [5.41, 5.74) is 3.41. The van der Waals surface area contributed by atoms with Crippen LogP contribution in [0.15, 0.2) is 73.3 Å². The Morgan fingerprint density at radius 2 is 1.82 bits per heavy atom. The predicted octanol–water partition coefficient (Wildman–Crippen LogP) is 5.59. The number of urea groups is 1. The molecule has 8 heteroatoms. The number of carbonyl (C=O) groups excluding carboxylic acids is 2. The maximum Gasteiger partial charge on any atom is 0.319 e. The van der Waals surface area contributed by atoms with Crippen molar-refractivity contribution >= 4 is 28.9 Å². The number of allylic oxidation sites excluding steroid dienone is 1. The van der Waals surface area contributed by atoms with Crippen molar-refractivity contribution < 1.29 is 23.8 Å². The molecule has 0 saturated heterocycles. The molecule has 8 nitrogen and oxygen atoms in total. The molecule has 3 aromatic rings. The smallest absolute Gasteiger partial charge is 0.319 e. The first kappa shape index (κ1) is 26.6. The maximum absolute atomic E-state index is 12.9. The lowest BCUT2D eigenvalue weighted by molar-refractivity contribution is -0.121. The van der Waals surface area contributed by atoms with Crippen LogP contribution in [0.25, 0.3) is 5.57 Å². The second-order valence-corrected chi connectivity index (χ2v) is 9.61. The summed E-state index contributed by atoms with van der Waals surface area (Å²) in [6, 6.07) is 20.0. The molecule has 198 valence electrons. The molecule has 3 aromatic carbocycles. The van der Waals surface area contributed by atoms with Crippen LogP contribution in [-0.2, 0) is 10.3 Å². The van der Waals surface area contributed by atoms with Gasteiger partial charge in [-0.1, -0.05) is 30.4 Å². The highest BCUT2D eigenvalue weighted by Crippen LogP contribution is 2.34. The first-order chi connectivity index (χ1) is 18.2. The summed E-state index contributed by atoms with van der Waals surface area (Å²) < 4.78 is 16.6. The van der Waals surface area contributed by atoms with Crippen molar-refractivity contribution in [1.82, 2.24) is 5.32 Å². The van der Waals surface area contributed by atoms with Crippen molar-refractivity contribution in [1.29, 1.82) is 0 Å². The molecule has 1 aliphatic rings. The molecule has 0 unspecified atom stereocenters. The number of fused-ring (bicyclic) bond motifs is 1. The third-order valence-corrected chi connectivity index (χ3v) is 6.31. The van der Waals surface area contributed by atoms with Gasteiger partial charge in [-0.15, -0.1) is 0 Å². The van der Waals surface area contributed by atoms with Gasteiger partial charge in [0, 0.05) is 5.69 Å². The van der Waals surface area contributed by atoms with Gasteiger partial charge in [0.05, 0.1) is 24.9 Å². The second-order valence-electron chi connectivity index (χ2n) is 9.61. The number of nitrogens with one attached hydrogen (secondary N) is 2. The van der Waals surface area contributed by atoms with Gasteiger partial charge < -0.3 is 29.7 Å². The minimum atomic E-state index is -0.631. The van der Waals surface area contributed by atoms with Gasteiger partial charge in [0.15, 0.2) is 6.61 Å². The summed E-state index contributed by atoms with van der Waals surface area (Å²) in [5.74, 6) is 1.80. The van der Waals surface area contributed by atoms with Gasteiger partial charge in [-0.25, -0.2) is 4.79 Å². The third-order valence-electron chi connectivity index (χ3n) is 6.31. The van der Waals surface area contributed by atoms with Crippen LogP contribution in [-0.4, -0.2) is 38.8 Å². The van der Waals surface area contributed by atoms with Crippen molar-refractivity contribution in [2.45, 2.75) is 26.3 Å². The van der Waals surface area contributed by atoms with Gasteiger partial charge in [-0.2, -0.15) is 0 Å². The first-order valence-corrected chi connectivity index (χ1v) is 12.4. The molecule has 0 aliphatic carbocycles. The Bertz CT molecular complexity index is 1330. The van der Waals surface area contributed by atoms with E-state index in [2.05, 4.69) is 17.2 Å². The van der Waals surface area contributed by atoms with Crippen LogP contribution in [0.1, 0.15) is 31.9 Å². The Balaban J connectivity index is 1.42. The highest BCUT2D eigenvalue weighted by Gasteiger charge is 2.27. The Morgan fingerprint density at radius 3 is 2.53 bits per heavy atom. The molecular weight excluding hydrogens is 482 g/mol. The van der Waals surface area contributed by atoms with E-state index < -0.39 is 5.54 Å². The van der Waals surface area contributed by atoms with Crippen LogP contribution >= 0.6 is 0 Å². The molecule has 0 bridgehead atoms. The number of benzene rings is 3. The van der Waals surface area contributed by atoms with E-state index in [1.54, 1.807) is 30.2 Å². The topological polar surface area (TPSA) is 89.1 Å². The fourth-order valence-corrected chi connectivity index (χ4v) is 4.14. The minimum Gasteiger partial charge on any atom is -0.497 e. The summed E-state index contributed by atoms with van der Waals surface area (Å²) in [4.78, 5) is 27.2. The van der Waals surface area contributed by atoms with Crippen molar-refractivity contribution in [3.8, 4) is 17.2 Å². The number of anilines is 2. The van der Waals surface area contributed by atoms with Crippen molar-refractivity contribution in [2.75, 3.05) is 37.1 Å². The molecule has 0 fully saturated rings. The van der Waals surface area contributed by atoms with Crippen molar-refractivity contribution in [3.63, 3.8) is 0 Å². The van der Waals surface area contributed by atoms with Crippen LogP contribution in [0.3, 0.4) is 0 Å². The van der Waals surface area contributed by atoms with Crippen LogP contribution in [0.5, 0.6) is 17.2 Å². The number of carbonyl (C=O) groups is 2. The molecule has 38 heavy (non-hydrogen) atoms. The molecule has 0 atom stereocenters. The normalized spacial score (nSPS) is 12.7. The SMILES string of the molecule is C=C(C)c1cccc(C(C)(C)NC(=O)Nc2ccc3c(c2)N(CCOc2ccc(OC)cc2)C(=O)CO3)c1. The first-order valence-electron chi connectivity index (χ1n) is 12.4. The van der Waals surface area contributed by atoms with E-state index in [-0.39, 0.29) is 25.2 Å². The van der Waals surface area contributed by atoms with Gasteiger partial charge in [0.2, 0.25) is 0 Å². The summed E-state index contributed by atoms with van der Waals surface area (Å²) in [5, 5.41) is 5.91.